The summed E-state index contributed by atoms with van der Waals surface area (Å²) in [5.74, 6) is 3.37. The van der Waals surface area contributed by atoms with Crippen molar-refractivity contribution in [2.45, 2.75) is 12.5 Å². The van der Waals surface area contributed by atoms with Crippen molar-refractivity contribution >= 4 is 17.4 Å². The zero-order chi connectivity index (χ0) is 11.9. The molecule has 0 bridgehead atoms. The van der Waals surface area contributed by atoms with Crippen molar-refractivity contribution in [3.63, 3.8) is 0 Å². The fourth-order valence-electron chi connectivity index (χ4n) is 1.80. The molecule has 1 aromatic rings. The second kappa shape index (κ2) is 6.77. The number of hydrogen-bond acceptors (Lipinski definition) is 4. The molecule has 1 heterocycles. The van der Waals surface area contributed by atoms with Gasteiger partial charge < -0.3 is 14.8 Å². The van der Waals surface area contributed by atoms with Crippen LogP contribution in [-0.2, 0) is 4.74 Å². The smallest absolute Gasteiger partial charge is 0.121 e. The predicted octanol–water partition coefficient (Wildman–Crippen LogP) is 2.63. The highest BCUT2D eigenvalue weighted by Crippen LogP contribution is 2.23. The van der Waals surface area contributed by atoms with Gasteiger partial charge in [0.2, 0.25) is 0 Å². The van der Waals surface area contributed by atoms with Gasteiger partial charge in [0.1, 0.15) is 12.4 Å². The first-order valence-electron chi connectivity index (χ1n) is 5.94. The second-order valence-corrected chi connectivity index (χ2v) is 5.22. The summed E-state index contributed by atoms with van der Waals surface area (Å²) in [6.07, 6.45) is 1.25. The van der Waals surface area contributed by atoms with Crippen molar-refractivity contribution in [1.29, 1.82) is 0 Å². The molecule has 4 heteroatoms. The number of anilines is 1. The van der Waals surface area contributed by atoms with Crippen molar-refractivity contribution in [1.82, 2.24) is 0 Å². The molecule has 1 N–H and O–H groups in total. The van der Waals surface area contributed by atoms with E-state index in [4.69, 9.17) is 9.47 Å². The van der Waals surface area contributed by atoms with Crippen LogP contribution in [0.5, 0.6) is 5.75 Å². The van der Waals surface area contributed by atoms with Gasteiger partial charge in [-0.1, -0.05) is 6.07 Å². The lowest BCUT2D eigenvalue weighted by Crippen LogP contribution is -2.17. The molecule has 2 rings (SSSR count). The molecule has 1 saturated heterocycles. The molecule has 3 nitrogen and oxygen atoms in total. The number of methoxy groups -OCH3 is 1. The van der Waals surface area contributed by atoms with E-state index in [0.717, 1.165) is 11.4 Å². The number of ether oxygens (including phenoxy) is 2. The van der Waals surface area contributed by atoms with Crippen molar-refractivity contribution < 1.29 is 9.47 Å². The summed E-state index contributed by atoms with van der Waals surface area (Å²) in [6.45, 7) is 1.22. The molecular weight excluding hydrogens is 234 g/mol. The largest absolute Gasteiger partial charge is 0.491 e. The molecule has 1 aliphatic rings. The number of hydrogen-bond donors (Lipinski definition) is 1. The van der Waals surface area contributed by atoms with Gasteiger partial charge in [-0.3, -0.25) is 0 Å². The lowest BCUT2D eigenvalue weighted by molar-refractivity contribution is 0.146. The summed E-state index contributed by atoms with van der Waals surface area (Å²) in [4.78, 5) is 0. The number of benzene rings is 1. The van der Waals surface area contributed by atoms with Crippen LogP contribution in [0.3, 0.4) is 0 Å². The third-order valence-electron chi connectivity index (χ3n) is 2.69. The second-order valence-electron chi connectivity index (χ2n) is 4.07. The van der Waals surface area contributed by atoms with Crippen molar-refractivity contribution in [2.24, 2.45) is 0 Å². The van der Waals surface area contributed by atoms with Gasteiger partial charge in [0.05, 0.1) is 6.61 Å². The Hall–Kier alpha value is -0.870. The van der Waals surface area contributed by atoms with E-state index in [9.17, 15) is 0 Å². The van der Waals surface area contributed by atoms with E-state index < -0.39 is 0 Å². The summed E-state index contributed by atoms with van der Waals surface area (Å²) in [6, 6.07) is 8.75. The van der Waals surface area contributed by atoms with Gasteiger partial charge in [0, 0.05) is 30.7 Å². The fourth-order valence-corrected chi connectivity index (χ4v) is 2.95. The maximum absolute atomic E-state index is 5.58. The SMILES string of the molecule is COCCOc1cccc(NC2CCSC2)c1. The van der Waals surface area contributed by atoms with E-state index in [1.807, 2.05) is 23.9 Å². The Labute approximate surface area is 107 Å². The minimum atomic E-state index is 0.596. The summed E-state index contributed by atoms with van der Waals surface area (Å²) >= 11 is 2.01. The van der Waals surface area contributed by atoms with Gasteiger partial charge in [-0.05, 0) is 24.3 Å². The lowest BCUT2D eigenvalue weighted by Gasteiger charge is -2.14. The highest BCUT2D eigenvalue weighted by atomic mass is 32.2. The standard InChI is InChI=1S/C13H19NO2S/c1-15-6-7-16-13-4-2-3-11(9-13)14-12-5-8-17-10-12/h2-4,9,12,14H,5-8,10H2,1H3. The summed E-state index contributed by atoms with van der Waals surface area (Å²) in [7, 11) is 1.68. The fraction of sp³-hybridized carbons (Fsp3) is 0.538. The van der Waals surface area contributed by atoms with Gasteiger partial charge in [-0.15, -0.1) is 0 Å². The van der Waals surface area contributed by atoms with Crippen LogP contribution in [0.1, 0.15) is 6.42 Å². The molecule has 1 atom stereocenters. The third-order valence-corrected chi connectivity index (χ3v) is 3.85. The lowest BCUT2D eigenvalue weighted by atomic mass is 10.2. The normalized spacial score (nSPS) is 19.2. The molecule has 0 spiro atoms. The molecule has 1 unspecified atom stereocenters. The molecule has 0 amide bonds. The predicted molar refractivity (Wildman–Crippen MR) is 73.2 cm³/mol. The van der Waals surface area contributed by atoms with E-state index in [1.54, 1.807) is 7.11 Å². The minimum absolute atomic E-state index is 0.596. The van der Waals surface area contributed by atoms with Crippen LogP contribution in [-0.4, -0.2) is 37.9 Å². The third kappa shape index (κ3) is 4.13. The molecular formula is C13H19NO2S. The Bertz CT molecular complexity index is 340. The van der Waals surface area contributed by atoms with Crippen LogP contribution in [0.4, 0.5) is 5.69 Å². The first kappa shape index (κ1) is 12.6. The highest BCUT2D eigenvalue weighted by molar-refractivity contribution is 7.99. The van der Waals surface area contributed by atoms with Gasteiger partial charge in [-0.2, -0.15) is 11.8 Å². The Balaban J connectivity index is 1.86. The highest BCUT2D eigenvalue weighted by Gasteiger charge is 2.14. The van der Waals surface area contributed by atoms with E-state index in [2.05, 4.69) is 17.4 Å². The maximum atomic E-state index is 5.58. The number of rotatable bonds is 6. The topological polar surface area (TPSA) is 30.5 Å². The molecule has 1 fully saturated rings. The molecule has 94 valence electrons. The van der Waals surface area contributed by atoms with Crippen molar-refractivity contribution in [3.05, 3.63) is 24.3 Å². The van der Waals surface area contributed by atoms with Crippen molar-refractivity contribution in [3.8, 4) is 5.75 Å². The maximum Gasteiger partial charge on any atom is 0.121 e. The van der Waals surface area contributed by atoms with Gasteiger partial charge in [-0.25, -0.2) is 0 Å². The van der Waals surface area contributed by atoms with E-state index in [0.29, 0.717) is 19.3 Å². The molecule has 0 aliphatic carbocycles. The minimum Gasteiger partial charge on any atom is -0.491 e. The number of thioether (sulfide) groups is 1. The molecule has 1 aromatic carbocycles. The zero-order valence-corrected chi connectivity index (χ0v) is 11.0. The van der Waals surface area contributed by atoms with Crippen LogP contribution in [0, 0.1) is 0 Å². The van der Waals surface area contributed by atoms with E-state index >= 15 is 0 Å². The van der Waals surface area contributed by atoms with Crippen LogP contribution in [0.25, 0.3) is 0 Å². The zero-order valence-electron chi connectivity index (χ0n) is 10.1. The van der Waals surface area contributed by atoms with Crippen LogP contribution >= 0.6 is 11.8 Å². The van der Waals surface area contributed by atoms with Crippen LogP contribution in [0.2, 0.25) is 0 Å². The molecule has 1 aliphatic heterocycles. The van der Waals surface area contributed by atoms with Gasteiger partial charge in [0.25, 0.3) is 0 Å². The molecule has 17 heavy (non-hydrogen) atoms. The van der Waals surface area contributed by atoms with Crippen LogP contribution in [0.15, 0.2) is 24.3 Å². The Morgan fingerprint density at radius 2 is 2.35 bits per heavy atom. The van der Waals surface area contributed by atoms with Crippen molar-refractivity contribution in [2.75, 3.05) is 37.1 Å². The van der Waals surface area contributed by atoms with E-state index in [-0.39, 0.29) is 0 Å². The Morgan fingerprint density at radius 3 is 3.12 bits per heavy atom. The Morgan fingerprint density at radius 1 is 1.41 bits per heavy atom. The summed E-state index contributed by atoms with van der Waals surface area (Å²) in [5.41, 5.74) is 1.15. The average Bonchev–Trinajstić information content (AvgIpc) is 2.83. The first-order chi connectivity index (χ1) is 8.38. The summed E-state index contributed by atoms with van der Waals surface area (Å²) in [5, 5.41) is 3.54. The average molecular weight is 253 g/mol. The monoisotopic (exact) mass is 253 g/mol. The molecule has 0 aromatic heterocycles. The molecule has 0 saturated carbocycles. The van der Waals surface area contributed by atoms with Gasteiger partial charge in [0.15, 0.2) is 0 Å². The van der Waals surface area contributed by atoms with Gasteiger partial charge >= 0.3 is 0 Å². The number of nitrogens with one attached hydrogen (secondary N) is 1. The van der Waals surface area contributed by atoms with E-state index in [1.165, 1.54) is 17.9 Å². The Kier molecular flexibility index (Phi) is 5.01. The summed E-state index contributed by atoms with van der Waals surface area (Å²) < 4.78 is 10.5. The quantitative estimate of drug-likeness (QED) is 0.790. The molecule has 0 radical (unpaired) electrons. The van der Waals surface area contributed by atoms with Crippen LogP contribution < -0.4 is 10.1 Å². The first-order valence-corrected chi connectivity index (χ1v) is 7.10.